The van der Waals surface area contributed by atoms with Gasteiger partial charge in [0.1, 0.15) is 5.60 Å². The summed E-state index contributed by atoms with van der Waals surface area (Å²) in [6.07, 6.45) is 2.43. The van der Waals surface area contributed by atoms with Gasteiger partial charge in [-0.2, -0.15) is 0 Å². The Morgan fingerprint density at radius 2 is 1.83 bits per heavy atom. The average molecular weight is 344 g/mol. The second kappa shape index (κ2) is 6.96. The van der Waals surface area contributed by atoms with Crippen LogP contribution in [0.1, 0.15) is 34.3 Å². The lowest BCUT2D eigenvalue weighted by molar-refractivity contribution is -0.0344. The van der Waals surface area contributed by atoms with E-state index in [1.807, 2.05) is 48.5 Å². The fourth-order valence-electron chi connectivity index (χ4n) is 3.33. The monoisotopic (exact) mass is 343 g/mol. The zero-order chi connectivity index (χ0) is 17.2. The molecule has 0 spiro atoms. The predicted octanol–water partition coefficient (Wildman–Crippen LogP) is 4.29. The molecular formula is C20H22ClNO2. The molecule has 3 nitrogen and oxygen atoms in total. The molecule has 2 aromatic rings. The molecule has 1 heterocycles. The van der Waals surface area contributed by atoms with E-state index < -0.39 is 5.60 Å². The molecule has 0 fully saturated rings. The summed E-state index contributed by atoms with van der Waals surface area (Å²) in [4.78, 5) is 14.7. The Morgan fingerprint density at radius 3 is 2.54 bits per heavy atom. The number of rotatable bonds is 5. The average Bonchev–Trinajstić information content (AvgIpc) is 2.55. The van der Waals surface area contributed by atoms with E-state index in [0.29, 0.717) is 17.0 Å². The van der Waals surface area contributed by atoms with Gasteiger partial charge in [-0.1, -0.05) is 41.9 Å². The van der Waals surface area contributed by atoms with Crippen molar-refractivity contribution in [1.29, 1.82) is 0 Å². The number of cyclic esters (lactones) is 1. The number of ether oxygens (including phenoxy) is 1. The molecule has 1 aliphatic rings. The number of benzene rings is 2. The van der Waals surface area contributed by atoms with E-state index in [9.17, 15) is 4.79 Å². The molecule has 0 N–H and O–H groups in total. The first-order chi connectivity index (χ1) is 11.5. The Labute approximate surface area is 148 Å². The molecular weight excluding hydrogens is 322 g/mol. The summed E-state index contributed by atoms with van der Waals surface area (Å²) in [5, 5.41) is 0.685. The van der Waals surface area contributed by atoms with Crippen LogP contribution in [-0.4, -0.2) is 31.5 Å². The lowest BCUT2D eigenvalue weighted by Crippen LogP contribution is -2.39. The second-order valence-corrected chi connectivity index (χ2v) is 7.07. The van der Waals surface area contributed by atoms with E-state index in [-0.39, 0.29) is 5.97 Å². The van der Waals surface area contributed by atoms with Gasteiger partial charge < -0.3 is 9.64 Å². The van der Waals surface area contributed by atoms with Crippen LogP contribution in [0, 0.1) is 0 Å². The maximum absolute atomic E-state index is 12.6. The molecule has 1 atom stereocenters. The van der Waals surface area contributed by atoms with Crippen LogP contribution >= 0.6 is 11.6 Å². The van der Waals surface area contributed by atoms with E-state index in [4.69, 9.17) is 16.3 Å². The van der Waals surface area contributed by atoms with Crippen LogP contribution in [0.4, 0.5) is 0 Å². The van der Waals surface area contributed by atoms with Crippen LogP contribution in [0.15, 0.2) is 48.5 Å². The molecule has 0 radical (unpaired) electrons. The van der Waals surface area contributed by atoms with Gasteiger partial charge >= 0.3 is 5.97 Å². The Balaban J connectivity index is 1.97. The van der Waals surface area contributed by atoms with E-state index in [2.05, 4.69) is 19.0 Å². The van der Waals surface area contributed by atoms with Crippen molar-refractivity contribution in [2.24, 2.45) is 0 Å². The second-order valence-electron chi connectivity index (χ2n) is 6.63. The Morgan fingerprint density at radius 1 is 1.12 bits per heavy atom. The summed E-state index contributed by atoms with van der Waals surface area (Å²) in [5.41, 5.74) is 2.11. The summed E-state index contributed by atoms with van der Waals surface area (Å²) in [7, 11) is 4.11. The largest absolute Gasteiger partial charge is 0.450 e. The van der Waals surface area contributed by atoms with E-state index >= 15 is 0 Å². The third-order valence-corrected chi connectivity index (χ3v) is 4.81. The minimum atomic E-state index is -0.619. The first kappa shape index (κ1) is 17.0. The topological polar surface area (TPSA) is 29.5 Å². The summed E-state index contributed by atoms with van der Waals surface area (Å²) < 4.78 is 6.01. The van der Waals surface area contributed by atoms with Crippen molar-refractivity contribution in [1.82, 2.24) is 4.90 Å². The first-order valence-electron chi connectivity index (χ1n) is 8.22. The van der Waals surface area contributed by atoms with Crippen molar-refractivity contribution >= 4 is 17.6 Å². The predicted molar refractivity (Wildman–Crippen MR) is 96.5 cm³/mol. The number of carbonyl (C=O) groups excluding carboxylic acids is 1. The van der Waals surface area contributed by atoms with Gasteiger partial charge in [-0.25, -0.2) is 4.79 Å². The van der Waals surface area contributed by atoms with Crippen LogP contribution in [0.25, 0.3) is 0 Å². The molecule has 0 amide bonds. The van der Waals surface area contributed by atoms with Crippen LogP contribution in [0.5, 0.6) is 0 Å². The molecule has 0 saturated heterocycles. The van der Waals surface area contributed by atoms with Crippen molar-refractivity contribution in [2.75, 3.05) is 20.6 Å². The number of nitrogens with zero attached hydrogens (tertiary/aromatic N) is 1. The summed E-state index contributed by atoms with van der Waals surface area (Å²) in [5.74, 6) is -0.239. The maximum atomic E-state index is 12.6. The lowest BCUT2D eigenvalue weighted by Gasteiger charge is -2.38. The van der Waals surface area contributed by atoms with Crippen molar-refractivity contribution in [3.8, 4) is 0 Å². The number of hydrogen-bond acceptors (Lipinski definition) is 3. The highest BCUT2D eigenvalue weighted by Gasteiger charge is 2.41. The van der Waals surface area contributed by atoms with Crippen molar-refractivity contribution in [3.63, 3.8) is 0 Å². The molecule has 2 aromatic carbocycles. The van der Waals surface area contributed by atoms with Gasteiger partial charge in [0.2, 0.25) is 0 Å². The number of hydrogen-bond donors (Lipinski definition) is 0. The summed E-state index contributed by atoms with van der Waals surface area (Å²) in [6, 6.07) is 15.4. The molecule has 0 saturated carbocycles. The minimum absolute atomic E-state index is 0.239. The third-order valence-electron chi connectivity index (χ3n) is 4.56. The summed E-state index contributed by atoms with van der Waals surface area (Å²) >= 11 is 6.04. The highest BCUT2D eigenvalue weighted by Crippen LogP contribution is 2.40. The highest BCUT2D eigenvalue weighted by atomic mass is 35.5. The van der Waals surface area contributed by atoms with Crippen LogP contribution in [0.3, 0.4) is 0 Å². The van der Waals surface area contributed by atoms with Crippen molar-refractivity contribution < 1.29 is 9.53 Å². The van der Waals surface area contributed by atoms with Crippen LogP contribution in [-0.2, 0) is 16.8 Å². The summed E-state index contributed by atoms with van der Waals surface area (Å²) in [6.45, 7) is 0.953. The zero-order valence-electron chi connectivity index (χ0n) is 14.1. The Bertz CT molecular complexity index is 727. The van der Waals surface area contributed by atoms with E-state index in [1.165, 1.54) is 0 Å². The SMILES string of the molecule is CN(C)CCCC1(c2ccc(Cl)cc2)Cc2ccccc2C(=O)O1. The number of fused-ring (bicyclic) bond motifs is 1. The third kappa shape index (κ3) is 3.47. The molecule has 0 aromatic heterocycles. The van der Waals surface area contributed by atoms with Gasteiger partial charge in [0.15, 0.2) is 0 Å². The lowest BCUT2D eigenvalue weighted by atomic mass is 9.80. The van der Waals surface area contributed by atoms with Gasteiger partial charge in [0.25, 0.3) is 0 Å². The standard InChI is InChI=1S/C20H22ClNO2/c1-22(2)13-5-12-20(16-8-10-17(21)11-9-16)14-15-6-3-4-7-18(15)19(23)24-20/h3-4,6-11H,5,12-14H2,1-2H3. The van der Waals surface area contributed by atoms with Gasteiger partial charge in [-0.3, -0.25) is 0 Å². The molecule has 126 valence electrons. The van der Waals surface area contributed by atoms with Crippen LogP contribution in [0.2, 0.25) is 5.02 Å². The van der Waals surface area contributed by atoms with Crippen molar-refractivity contribution in [2.45, 2.75) is 24.9 Å². The highest BCUT2D eigenvalue weighted by molar-refractivity contribution is 6.30. The zero-order valence-corrected chi connectivity index (χ0v) is 14.8. The minimum Gasteiger partial charge on any atom is -0.450 e. The van der Waals surface area contributed by atoms with Gasteiger partial charge in [0.05, 0.1) is 5.56 Å². The fraction of sp³-hybridized carbons (Fsp3) is 0.350. The molecule has 4 heteroatoms. The normalized spacial score (nSPS) is 19.9. The van der Waals surface area contributed by atoms with E-state index in [0.717, 1.165) is 30.5 Å². The molecule has 1 aliphatic heterocycles. The first-order valence-corrected chi connectivity index (χ1v) is 8.60. The van der Waals surface area contributed by atoms with Crippen LogP contribution < -0.4 is 0 Å². The Hall–Kier alpha value is -1.84. The maximum Gasteiger partial charge on any atom is 0.339 e. The van der Waals surface area contributed by atoms with Crippen molar-refractivity contribution in [3.05, 3.63) is 70.2 Å². The fourth-order valence-corrected chi connectivity index (χ4v) is 3.45. The molecule has 1 unspecified atom stereocenters. The number of halogens is 1. The molecule has 0 bridgehead atoms. The quantitative estimate of drug-likeness (QED) is 0.758. The Kier molecular flexibility index (Phi) is 4.93. The van der Waals surface area contributed by atoms with E-state index in [1.54, 1.807) is 0 Å². The molecule has 3 rings (SSSR count). The van der Waals surface area contributed by atoms with Gasteiger partial charge in [-0.05, 0) is 62.8 Å². The number of esters is 1. The van der Waals surface area contributed by atoms with Gasteiger partial charge in [0, 0.05) is 11.4 Å². The smallest absolute Gasteiger partial charge is 0.339 e. The molecule has 24 heavy (non-hydrogen) atoms. The number of carbonyl (C=O) groups is 1. The van der Waals surface area contributed by atoms with Gasteiger partial charge in [-0.15, -0.1) is 0 Å². The molecule has 0 aliphatic carbocycles.